The fraction of sp³-hybridized carbons (Fsp3) is 0.444. The van der Waals surface area contributed by atoms with Crippen molar-refractivity contribution < 1.29 is 14.3 Å². The second kappa shape index (κ2) is 8.31. The summed E-state index contributed by atoms with van der Waals surface area (Å²) in [6.45, 7) is 0.718. The van der Waals surface area contributed by atoms with Crippen molar-refractivity contribution in [3.63, 3.8) is 0 Å². The van der Waals surface area contributed by atoms with E-state index >= 15 is 0 Å². The smallest absolute Gasteiger partial charge is 0.271 e. The van der Waals surface area contributed by atoms with Crippen molar-refractivity contribution >= 4 is 17.2 Å². The molecule has 3 rings (SSSR count). The van der Waals surface area contributed by atoms with E-state index in [1.54, 1.807) is 12.5 Å². The van der Waals surface area contributed by atoms with Gasteiger partial charge in [-0.15, -0.1) is 11.3 Å². The standard InChI is InChI=1S/C18H23N3O3S/c1-23-14-7-6-12(16(8-14)24-13-4-2-3-5-13)10-20-18(22)15-11-25-17(9-19)21-15/h6-8,11,13H,2-5,9-10,19H2,1H3,(H,20,22). The van der Waals surface area contributed by atoms with Crippen LogP contribution in [0.25, 0.3) is 0 Å². The Morgan fingerprint density at radius 3 is 2.88 bits per heavy atom. The van der Waals surface area contributed by atoms with E-state index < -0.39 is 0 Å². The van der Waals surface area contributed by atoms with Gasteiger partial charge >= 0.3 is 0 Å². The number of carbonyl (C=O) groups excluding carboxylic acids is 1. The summed E-state index contributed by atoms with van der Waals surface area (Å²) in [5.41, 5.74) is 6.87. The van der Waals surface area contributed by atoms with Crippen LogP contribution in [0.2, 0.25) is 0 Å². The molecule has 1 saturated carbocycles. The molecule has 3 N–H and O–H groups in total. The average Bonchev–Trinajstić information content (AvgIpc) is 3.31. The van der Waals surface area contributed by atoms with Gasteiger partial charge in [0.1, 0.15) is 22.2 Å². The molecule has 1 fully saturated rings. The Morgan fingerprint density at radius 1 is 1.40 bits per heavy atom. The van der Waals surface area contributed by atoms with Gasteiger partial charge in [0.2, 0.25) is 0 Å². The van der Waals surface area contributed by atoms with Crippen molar-refractivity contribution in [1.29, 1.82) is 0 Å². The van der Waals surface area contributed by atoms with Crippen molar-refractivity contribution in [3.05, 3.63) is 39.8 Å². The van der Waals surface area contributed by atoms with Crippen LogP contribution in [0.4, 0.5) is 0 Å². The number of methoxy groups -OCH3 is 1. The van der Waals surface area contributed by atoms with Gasteiger partial charge in [-0.05, 0) is 37.8 Å². The van der Waals surface area contributed by atoms with Gasteiger partial charge in [-0.1, -0.05) is 0 Å². The Bertz CT molecular complexity index is 726. The topological polar surface area (TPSA) is 86.5 Å². The minimum atomic E-state index is -0.210. The zero-order valence-electron chi connectivity index (χ0n) is 14.3. The molecule has 0 saturated heterocycles. The van der Waals surface area contributed by atoms with E-state index in [1.807, 2.05) is 18.2 Å². The van der Waals surface area contributed by atoms with Crippen molar-refractivity contribution in [2.75, 3.05) is 7.11 Å². The molecule has 7 heteroatoms. The number of rotatable bonds is 7. The molecule has 1 aliphatic rings. The van der Waals surface area contributed by atoms with E-state index in [0.717, 1.165) is 34.9 Å². The third kappa shape index (κ3) is 4.49. The van der Waals surface area contributed by atoms with Crippen molar-refractivity contribution in [3.8, 4) is 11.5 Å². The van der Waals surface area contributed by atoms with Crippen LogP contribution in [0, 0.1) is 0 Å². The quantitative estimate of drug-likeness (QED) is 0.792. The summed E-state index contributed by atoms with van der Waals surface area (Å²) in [4.78, 5) is 16.5. The predicted octanol–water partition coefficient (Wildman–Crippen LogP) is 2.86. The summed E-state index contributed by atoms with van der Waals surface area (Å²) in [5.74, 6) is 1.31. The van der Waals surface area contributed by atoms with E-state index in [9.17, 15) is 4.79 Å². The highest BCUT2D eigenvalue weighted by Gasteiger charge is 2.19. The predicted molar refractivity (Wildman–Crippen MR) is 97.1 cm³/mol. The van der Waals surface area contributed by atoms with Crippen molar-refractivity contribution in [2.24, 2.45) is 5.73 Å². The lowest BCUT2D eigenvalue weighted by atomic mass is 10.1. The molecule has 0 unspecified atom stereocenters. The van der Waals surface area contributed by atoms with E-state index in [0.29, 0.717) is 18.8 Å². The summed E-state index contributed by atoms with van der Waals surface area (Å²) in [6.07, 6.45) is 4.79. The Morgan fingerprint density at radius 2 is 2.20 bits per heavy atom. The highest BCUT2D eigenvalue weighted by atomic mass is 32.1. The molecule has 134 valence electrons. The molecule has 0 aliphatic heterocycles. The van der Waals surface area contributed by atoms with Gasteiger partial charge < -0.3 is 20.5 Å². The molecule has 0 radical (unpaired) electrons. The van der Waals surface area contributed by atoms with Gasteiger partial charge in [-0.3, -0.25) is 4.79 Å². The van der Waals surface area contributed by atoms with Crippen LogP contribution in [0.1, 0.15) is 46.7 Å². The Kier molecular flexibility index (Phi) is 5.88. The minimum Gasteiger partial charge on any atom is -0.497 e. The van der Waals surface area contributed by atoms with E-state index in [1.165, 1.54) is 24.2 Å². The number of hydrogen-bond acceptors (Lipinski definition) is 6. The summed E-state index contributed by atoms with van der Waals surface area (Å²) >= 11 is 1.39. The second-order valence-electron chi connectivity index (χ2n) is 6.01. The maximum atomic E-state index is 12.3. The first-order valence-corrected chi connectivity index (χ1v) is 9.34. The molecule has 25 heavy (non-hydrogen) atoms. The van der Waals surface area contributed by atoms with Crippen LogP contribution in [-0.2, 0) is 13.1 Å². The minimum absolute atomic E-state index is 0.210. The summed E-state index contributed by atoms with van der Waals surface area (Å²) in [5, 5.41) is 5.37. The largest absolute Gasteiger partial charge is 0.497 e. The average molecular weight is 361 g/mol. The second-order valence-corrected chi connectivity index (χ2v) is 6.95. The molecule has 1 aromatic carbocycles. The number of nitrogens with zero attached hydrogens (tertiary/aromatic N) is 1. The summed E-state index contributed by atoms with van der Waals surface area (Å²) in [6, 6.07) is 5.68. The lowest BCUT2D eigenvalue weighted by Crippen LogP contribution is -2.24. The Balaban J connectivity index is 1.68. The molecule has 0 atom stereocenters. The molecule has 1 aliphatic carbocycles. The number of aromatic nitrogens is 1. The zero-order chi connectivity index (χ0) is 17.6. The molecule has 2 aromatic rings. The highest BCUT2D eigenvalue weighted by molar-refractivity contribution is 7.09. The first kappa shape index (κ1) is 17.7. The highest BCUT2D eigenvalue weighted by Crippen LogP contribution is 2.30. The molecule has 1 amide bonds. The fourth-order valence-corrected chi connectivity index (χ4v) is 3.53. The molecular weight excluding hydrogens is 338 g/mol. The number of amides is 1. The van der Waals surface area contributed by atoms with Crippen molar-refractivity contribution in [1.82, 2.24) is 10.3 Å². The first-order valence-electron chi connectivity index (χ1n) is 8.46. The lowest BCUT2D eigenvalue weighted by molar-refractivity contribution is 0.0946. The number of ether oxygens (including phenoxy) is 2. The Labute approximate surface area is 151 Å². The molecule has 1 aromatic heterocycles. The molecule has 1 heterocycles. The van der Waals surface area contributed by atoms with Gasteiger partial charge in [0, 0.05) is 30.1 Å². The number of carbonyl (C=O) groups is 1. The van der Waals surface area contributed by atoms with Gasteiger partial charge in [-0.2, -0.15) is 0 Å². The number of hydrogen-bond donors (Lipinski definition) is 2. The third-order valence-corrected chi connectivity index (χ3v) is 5.14. The van der Waals surface area contributed by atoms with Gasteiger partial charge in [0.05, 0.1) is 13.2 Å². The lowest BCUT2D eigenvalue weighted by Gasteiger charge is -2.17. The van der Waals surface area contributed by atoms with Crippen LogP contribution in [0.5, 0.6) is 11.5 Å². The normalized spacial score (nSPS) is 14.5. The number of benzene rings is 1. The SMILES string of the molecule is COc1ccc(CNC(=O)c2csc(CN)n2)c(OC2CCCC2)c1. The summed E-state index contributed by atoms with van der Waals surface area (Å²) in [7, 11) is 1.63. The first-order chi connectivity index (χ1) is 12.2. The molecule has 0 spiro atoms. The van der Waals surface area contributed by atoms with Gasteiger partial charge in [0.25, 0.3) is 5.91 Å². The number of nitrogens with two attached hydrogens (primary N) is 1. The van der Waals surface area contributed by atoms with Crippen LogP contribution in [0.3, 0.4) is 0 Å². The van der Waals surface area contributed by atoms with Crippen LogP contribution >= 0.6 is 11.3 Å². The molecule has 6 nitrogen and oxygen atoms in total. The van der Waals surface area contributed by atoms with Crippen LogP contribution in [0.15, 0.2) is 23.6 Å². The third-order valence-electron chi connectivity index (χ3n) is 4.27. The van der Waals surface area contributed by atoms with Crippen molar-refractivity contribution in [2.45, 2.75) is 44.9 Å². The van der Waals surface area contributed by atoms with Gasteiger partial charge in [0.15, 0.2) is 0 Å². The van der Waals surface area contributed by atoms with Crippen LogP contribution < -0.4 is 20.5 Å². The van der Waals surface area contributed by atoms with E-state index in [4.69, 9.17) is 15.2 Å². The number of nitrogens with one attached hydrogen (secondary N) is 1. The zero-order valence-corrected chi connectivity index (χ0v) is 15.1. The molecular formula is C18H23N3O3S. The van der Waals surface area contributed by atoms with Crippen LogP contribution in [-0.4, -0.2) is 24.1 Å². The number of thiazole rings is 1. The maximum absolute atomic E-state index is 12.3. The fourth-order valence-electron chi connectivity index (χ4n) is 2.88. The summed E-state index contributed by atoms with van der Waals surface area (Å²) < 4.78 is 11.4. The van der Waals surface area contributed by atoms with Gasteiger partial charge in [-0.25, -0.2) is 4.98 Å². The molecule has 0 bridgehead atoms. The Hall–Kier alpha value is -2.12. The monoisotopic (exact) mass is 361 g/mol. The van der Waals surface area contributed by atoms with E-state index in [-0.39, 0.29) is 12.0 Å². The maximum Gasteiger partial charge on any atom is 0.271 e. The van der Waals surface area contributed by atoms with E-state index in [2.05, 4.69) is 10.3 Å².